The fraction of sp³-hybridized carbons (Fsp3) is 0.826. The molecule has 3 heteroatoms. The van der Waals surface area contributed by atoms with Crippen LogP contribution < -0.4 is 0 Å². The van der Waals surface area contributed by atoms with Crippen LogP contribution in [0, 0.1) is 11.8 Å². The molecule has 0 aliphatic carbocycles. The summed E-state index contributed by atoms with van der Waals surface area (Å²) in [6.45, 7) is 4.46. The smallest absolute Gasteiger partial charge is 0.317 e. The summed E-state index contributed by atoms with van der Waals surface area (Å²) in [6, 6.07) is 0. The molecule has 0 spiro atoms. The van der Waals surface area contributed by atoms with Crippen LogP contribution in [0.1, 0.15) is 110 Å². The number of unbranched alkanes of at least 4 members (excludes halogenated alkanes) is 11. The number of hydrogen-bond acceptors (Lipinski definition) is 3. The first-order chi connectivity index (χ1) is 12.7. The van der Waals surface area contributed by atoms with E-state index in [0.717, 1.165) is 19.3 Å². The summed E-state index contributed by atoms with van der Waals surface area (Å²) in [4.78, 5) is 23.3. The fourth-order valence-corrected chi connectivity index (χ4v) is 3.72. The fourth-order valence-electron chi connectivity index (χ4n) is 3.72. The van der Waals surface area contributed by atoms with Gasteiger partial charge in [-0.3, -0.25) is 9.59 Å². The van der Waals surface area contributed by atoms with Crippen molar-refractivity contribution >= 4 is 11.9 Å². The Bertz CT molecular complexity index is 414. The summed E-state index contributed by atoms with van der Waals surface area (Å²) >= 11 is 0. The van der Waals surface area contributed by atoms with E-state index < -0.39 is 0 Å². The lowest BCUT2D eigenvalue weighted by Crippen LogP contribution is -2.18. The number of cyclic esters (lactones) is 2. The van der Waals surface area contributed by atoms with Crippen LogP contribution in [-0.4, -0.2) is 11.9 Å². The molecule has 2 unspecified atom stereocenters. The van der Waals surface area contributed by atoms with Crippen molar-refractivity contribution in [2.75, 3.05) is 0 Å². The molecule has 0 aromatic carbocycles. The highest BCUT2D eigenvalue weighted by Crippen LogP contribution is 2.30. The Morgan fingerprint density at radius 1 is 0.885 bits per heavy atom. The zero-order chi connectivity index (χ0) is 19.0. The topological polar surface area (TPSA) is 43.4 Å². The summed E-state index contributed by atoms with van der Waals surface area (Å²) in [5.74, 6) is -0.749. The van der Waals surface area contributed by atoms with Crippen LogP contribution in [0.5, 0.6) is 0 Å². The molecule has 150 valence electrons. The Morgan fingerprint density at radius 2 is 1.46 bits per heavy atom. The minimum absolute atomic E-state index is 0.167. The number of ether oxygens (including phenoxy) is 1. The number of carbonyl (C=O) groups is 2. The van der Waals surface area contributed by atoms with Gasteiger partial charge in [-0.15, -0.1) is 0 Å². The zero-order valence-electron chi connectivity index (χ0n) is 17.1. The Hall–Kier alpha value is -1.12. The summed E-state index contributed by atoms with van der Waals surface area (Å²) in [7, 11) is 0. The third-order valence-electron chi connectivity index (χ3n) is 5.42. The van der Waals surface area contributed by atoms with Gasteiger partial charge in [0.1, 0.15) is 0 Å². The third kappa shape index (κ3) is 10.1. The second kappa shape index (κ2) is 15.0. The molecular formula is C23H40O3. The van der Waals surface area contributed by atoms with Gasteiger partial charge in [-0.25, -0.2) is 0 Å². The van der Waals surface area contributed by atoms with Crippen LogP contribution in [-0.2, 0) is 14.3 Å². The largest absolute Gasteiger partial charge is 0.393 e. The van der Waals surface area contributed by atoms with Crippen molar-refractivity contribution in [3.05, 3.63) is 12.2 Å². The monoisotopic (exact) mass is 364 g/mol. The zero-order valence-corrected chi connectivity index (χ0v) is 17.1. The maximum atomic E-state index is 11.9. The summed E-state index contributed by atoms with van der Waals surface area (Å²) < 4.78 is 4.77. The van der Waals surface area contributed by atoms with Crippen LogP contribution in [0.15, 0.2) is 12.2 Å². The molecule has 2 atom stereocenters. The quantitative estimate of drug-likeness (QED) is 0.132. The van der Waals surface area contributed by atoms with Crippen molar-refractivity contribution in [2.24, 2.45) is 11.8 Å². The molecule has 0 N–H and O–H groups in total. The lowest BCUT2D eigenvalue weighted by Gasteiger charge is -2.16. The van der Waals surface area contributed by atoms with E-state index in [2.05, 4.69) is 26.0 Å². The lowest BCUT2D eigenvalue weighted by atomic mass is 9.86. The average Bonchev–Trinajstić information content (AvgIpc) is 2.96. The third-order valence-corrected chi connectivity index (χ3v) is 5.42. The van der Waals surface area contributed by atoms with E-state index in [1.807, 2.05) is 0 Å². The molecule has 0 aromatic rings. The van der Waals surface area contributed by atoms with Crippen LogP contribution in [0.4, 0.5) is 0 Å². The van der Waals surface area contributed by atoms with Gasteiger partial charge in [0, 0.05) is 0 Å². The molecule has 1 fully saturated rings. The van der Waals surface area contributed by atoms with E-state index in [1.165, 1.54) is 70.6 Å². The van der Waals surface area contributed by atoms with Gasteiger partial charge in [-0.2, -0.15) is 0 Å². The first-order valence-electron chi connectivity index (χ1n) is 11.1. The Morgan fingerprint density at radius 3 is 2.04 bits per heavy atom. The molecule has 1 saturated heterocycles. The highest BCUT2D eigenvalue weighted by atomic mass is 16.6. The first kappa shape index (κ1) is 22.9. The van der Waals surface area contributed by atoms with Gasteiger partial charge in [0.15, 0.2) is 0 Å². The molecule has 1 aliphatic rings. The highest BCUT2D eigenvalue weighted by molar-refractivity contribution is 5.94. The van der Waals surface area contributed by atoms with E-state index in [1.54, 1.807) is 0 Å². The maximum Gasteiger partial charge on any atom is 0.317 e. The van der Waals surface area contributed by atoms with Crippen molar-refractivity contribution in [3.8, 4) is 0 Å². The van der Waals surface area contributed by atoms with E-state index >= 15 is 0 Å². The first-order valence-corrected chi connectivity index (χ1v) is 11.1. The molecule has 0 bridgehead atoms. The average molecular weight is 365 g/mol. The van der Waals surface area contributed by atoms with Crippen molar-refractivity contribution in [2.45, 2.75) is 110 Å². The van der Waals surface area contributed by atoms with E-state index in [-0.39, 0.29) is 30.2 Å². The molecule has 0 aromatic heterocycles. The minimum Gasteiger partial charge on any atom is -0.393 e. The van der Waals surface area contributed by atoms with Gasteiger partial charge in [0.25, 0.3) is 0 Å². The lowest BCUT2D eigenvalue weighted by molar-refractivity contribution is -0.153. The van der Waals surface area contributed by atoms with Crippen molar-refractivity contribution in [1.82, 2.24) is 0 Å². The van der Waals surface area contributed by atoms with Gasteiger partial charge < -0.3 is 4.74 Å². The predicted molar refractivity (Wildman–Crippen MR) is 108 cm³/mol. The number of hydrogen-bond donors (Lipinski definition) is 0. The minimum atomic E-state index is -0.352. The molecule has 0 amide bonds. The highest BCUT2D eigenvalue weighted by Gasteiger charge is 2.37. The molecule has 1 rings (SSSR count). The van der Waals surface area contributed by atoms with Crippen molar-refractivity contribution in [1.29, 1.82) is 0 Å². The SMILES string of the molecule is CCCCCCCCCCC=CC(CCCCCC)C1CC(=O)OC1=O. The number of carbonyl (C=O) groups excluding carboxylic acids is 2. The maximum absolute atomic E-state index is 11.9. The summed E-state index contributed by atoms with van der Waals surface area (Å²) in [5, 5.41) is 0. The summed E-state index contributed by atoms with van der Waals surface area (Å²) in [5.41, 5.74) is 0. The molecular weight excluding hydrogens is 324 g/mol. The van der Waals surface area contributed by atoms with Gasteiger partial charge in [-0.1, -0.05) is 96.6 Å². The number of esters is 2. The number of allylic oxidation sites excluding steroid dienone is 2. The van der Waals surface area contributed by atoms with Crippen LogP contribution >= 0.6 is 0 Å². The van der Waals surface area contributed by atoms with Gasteiger partial charge in [0.05, 0.1) is 12.3 Å². The van der Waals surface area contributed by atoms with Crippen LogP contribution in [0.2, 0.25) is 0 Å². The van der Waals surface area contributed by atoms with Gasteiger partial charge in [-0.05, 0) is 25.2 Å². The second-order valence-corrected chi connectivity index (χ2v) is 7.81. The van der Waals surface area contributed by atoms with Gasteiger partial charge >= 0.3 is 11.9 Å². The molecule has 0 radical (unpaired) electrons. The Labute approximate surface area is 161 Å². The summed E-state index contributed by atoms with van der Waals surface area (Å²) in [6.07, 6.45) is 22.2. The van der Waals surface area contributed by atoms with Crippen LogP contribution in [0.25, 0.3) is 0 Å². The normalized spacial score (nSPS) is 18.6. The second-order valence-electron chi connectivity index (χ2n) is 7.81. The van der Waals surface area contributed by atoms with Crippen LogP contribution in [0.3, 0.4) is 0 Å². The number of rotatable bonds is 16. The standard InChI is InChI=1S/C23H40O3/c1-3-5-7-9-10-11-12-13-14-16-18-20(17-15-8-6-4-2)21-19-22(24)26-23(21)25/h16,18,20-21H,3-15,17,19H2,1-2H3. The van der Waals surface area contributed by atoms with Crippen molar-refractivity contribution < 1.29 is 14.3 Å². The van der Waals surface area contributed by atoms with E-state index in [4.69, 9.17) is 4.74 Å². The van der Waals surface area contributed by atoms with E-state index in [0.29, 0.717) is 0 Å². The van der Waals surface area contributed by atoms with Gasteiger partial charge in [0.2, 0.25) is 0 Å². The van der Waals surface area contributed by atoms with Crippen molar-refractivity contribution in [3.63, 3.8) is 0 Å². The molecule has 1 aliphatic heterocycles. The molecule has 3 nitrogen and oxygen atoms in total. The Balaban J connectivity index is 2.27. The Kier molecular flexibility index (Phi) is 13.2. The molecule has 26 heavy (non-hydrogen) atoms. The predicted octanol–water partition coefficient (Wildman–Crippen LogP) is 6.75. The van der Waals surface area contributed by atoms with E-state index in [9.17, 15) is 9.59 Å². The molecule has 0 saturated carbocycles. The molecule has 1 heterocycles.